The van der Waals surface area contributed by atoms with Gasteiger partial charge in [0.15, 0.2) is 0 Å². The molecule has 4 heteroatoms. The molecule has 2 heterocycles. The maximum absolute atomic E-state index is 12.4. The van der Waals surface area contributed by atoms with Gasteiger partial charge in [-0.25, -0.2) is 0 Å². The summed E-state index contributed by atoms with van der Waals surface area (Å²) in [6, 6.07) is 1.24. The van der Waals surface area contributed by atoms with Gasteiger partial charge in [0.05, 0.1) is 6.04 Å². The van der Waals surface area contributed by atoms with Crippen molar-refractivity contribution in [2.45, 2.75) is 64.2 Å². The predicted octanol–water partition coefficient (Wildman–Crippen LogP) is 0.807. The fourth-order valence-corrected chi connectivity index (χ4v) is 3.36. The van der Waals surface area contributed by atoms with Crippen LogP contribution in [-0.4, -0.2) is 53.0 Å². The third-order valence-corrected chi connectivity index (χ3v) is 4.36. The minimum absolute atomic E-state index is 0.00722. The van der Waals surface area contributed by atoms with E-state index < -0.39 is 0 Å². The second-order valence-corrected chi connectivity index (χ2v) is 5.73. The maximum Gasteiger partial charge on any atom is 0.239 e. The molecule has 98 valence electrons. The summed E-state index contributed by atoms with van der Waals surface area (Å²) < 4.78 is 0. The Morgan fingerprint density at radius 1 is 1.24 bits per heavy atom. The van der Waals surface area contributed by atoms with Crippen LogP contribution in [0.2, 0.25) is 0 Å². The third kappa shape index (κ3) is 2.47. The first-order valence-corrected chi connectivity index (χ1v) is 6.82. The molecule has 2 aliphatic heterocycles. The lowest BCUT2D eigenvalue weighted by atomic mass is 10.2. The fourth-order valence-electron chi connectivity index (χ4n) is 3.36. The van der Waals surface area contributed by atoms with Crippen LogP contribution >= 0.6 is 0 Å². The molecule has 0 aromatic carbocycles. The number of nitrogens with two attached hydrogens (primary N) is 1. The lowest BCUT2D eigenvalue weighted by Crippen LogP contribution is -2.50. The molecule has 2 rings (SSSR count). The lowest BCUT2D eigenvalue weighted by Gasteiger charge is -2.34. The van der Waals surface area contributed by atoms with Gasteiger partial charge in [0.2, 0.25) is 5.91 Å². The Morgan fingerprint density at radius 2 is 1.82 bits per heavy atom. The average Bonchev–Trinajstić information content (AvgIpc) is 2.84. The highest BCUT2D eigenvalue weighted by atomic mass is 16.2. The Kier molecular flexibility index (Phi) is 3.73. The van der Waals surface area contributed by atoms with Crippen molar-refractivity contribution in [1.29, 1.82) is 0 Å². The van der Waals surface area contributed by atoms with Crippen LogP contribution < -0.4 is 5.73 Å². The van der Waals surface area contributed by atoms with Gasteiger partial charge in [-0.3, -0.25) is 9.69 Å². The Hall–Kier alpha value is -0.610. The van der Waals surface area contributed by atoms with E-state index in [-0.39, 0.29) is 18.0 Å². The summed E-state index contributed by atoms with van der Waals surface area (Å²) in [7, 11) is 0. The highest BCUT2D eigenvalue weighted by molar-refractivity contribution is 5.82. The van der Waals surface area contributed by atoms with Crippen molar-refractivity contribution in [3.05, 3.63) is 0 Å². The van der Waals surface area contributed by atoms with Gasteiger partial charge < -0.3 is 10.6 Å². The van der Waals surface area contributed by atoms with Crippen molar-refractivity contribution < 1.29 is 4.79 Å². The second kappa shape index (κ2) is 4.94. The topological polar surface area (TPSA) is 49.6 Å². The molecule has 4 nitrogen and oxygen atoms in total. The quantitative estimate of drug-likeness (QED) is 0.775. The number of hydrogen-bond donors (Lipinski definition) is 1. The summed E-state index contributed by atoms with van der Waals surface area (Å²) in [5, 5.41) is 0. The van der Waals surface area contributed by atoms with Crippen LogP contribution in [0.25, 0.3) is 0 Å². The fraction of sp³-hybridized carbons (Fsp3) is 0.923. The first-order chi connectivity index (χ1) is 8.00. The summed E-state index contributed by atoms with van der Waals surface area (Å²) in [5.41, 5.74) is 5.86. The number of carbonyl (C=O) groups is 1. The van der Waals surface area contributed by atoms with Gasteiger partial charge in [0.25, 0.3) is 0 Å². The zero-order chi connectivity index (χ0) is 12.6. The molecule has 0 aliphatic carbocycles. The van der Waals surface area contributed by atoms with E-state index >= 15 is 0 Å². The molecule has 17 heavy (non-hydrogen) atoms. The molecule has 2 saturated heterocycles. The molecule has 0 saturated carbocycles. The van der Waals surface area contributed by atoms with Gasteiger partial charge in [-0.05, 0) is 40.0 Å². The Bertz CT molecular complexity index is 284. The lowest BCUT2D eigenvalue weighted by molar-refractivity contribution is -0.136. The molecule has 3 unspecified atom stereocenters. The van der Waals surface area contributed by atoms with Gasteiger partial charge >= 0.3 is 0 Å². The van der Waals surface area contributed by atoms with Crippen molar-refractivity contribution in [1.82, 2.24) is 9.80 Å². The molecule has 2 N–H and O–H groups in total. The smallest absolute Gasteiger partial charge is 0.239 e. The normalized spacial score (nSPS) is 36.5. The van der Waals surface area contributed by atoms with Crippen molar-refractivity contribution >= 4 is 5.91 Å². The van der Waals surface area contributed by atoms with Crippen molar-refractivity contribution in [3.63, 3.8) is 0 Å². The minimum Gasteiger partial charge on any atom is -0.340 e. The number of likely N-dealkylation sites (tertiary alicyclic amines) is 2. The van der Waals surface area contributed by atoms with Crippen molar-refractivity contribution in [3.8, 4) is 0 Å². The first kappa shape index (κ1) is 12.8. The molecule has 2 aliphatic rings. The zero-order valence-electron chi connectivity index (χ0n) is 11.2. The van der Waals surface area contributed by atoms with Crippen LogP contribution in [0.4, 0.5) is 0 Å². The van der Waals surface area contributed by atoms with Gasteiger partial charge in [0, 0.05) is 31.2 Å². The molecule has 0 aromatic heterocycles. The van der Waals surface area contributed by atoms with Crippen LogP contribution in [0.1, 0.15) is 40.0 Å². The van der Waals surface area contributed by atoms with Gasteiger partial charge in [0.1, 0.15) is 0 Å². The van der Waals surface area contributed by atoms with Crippen LogP contribution in [0.15, 0.2) is 0 Å². The van der Waals surface area contributed by atoms with Crippen molar-refractivity contribution in [2.24, 2.45) is 5.73 Å². The van der Waals surface area contributed by atoms with Gasteiger partial charge in [-0.1, -0.05) is 0 Å². The van der Waals surface area contributed by atoms with E-state index in [1.54, 1.807) is 0 Å². The second-order valence-electron chi connectivity index (χ2n) is 5.73. The number of rotatable bonds is 2. The van der Waals surface area contributed by atoms with Crippen LogP contribution in [0.5, 0.6) is 0 Å². The molecule has 4 atom stereocenters. The van der Waals surface area contributed by atoms with Crippen LogP contribution in [0.3, 0.4) is 0 Å². The van der Waals surface area contributed by atoms with E-state index in [4.69, 9.17) is 5.73 Å². The largest absolute Gasteiger partial charge is 0.340 e. The monoisotopic (exact) mass is 239 g/mol. The highest BCUT2D eigenvalue weighted by Gasteiger charge is 2.37. The van der Waals surface area contributed by atoms with E-state index in [0.29, 0.717) is 12.1 Å². The average molecular weight is 239 g/mol. The van der Waals surface area contributed by atoms with Crippen LogP contribution in [0, 0.1) is 0 Å². The van der Waals surface area contributed by atoms with E-state index in [1.165, 1.54) is 12.8 Å². The molecule has 0 bridgehead atoms. The number of hydrogen-bond acceptors (Lipinski definition) is 3. The maximum atomic E-state index is 12.4. The van der Waals surface area contributed by atoms with Crippen LogP contribution in [-0.2, 0) is 4.79 Å². The summed E-state index contributed by atoms with van der Waals surface area (Å²) in [5.74, 6) is 0.263. The molecule has 1 amide bonds. The van der Waals surface area contributed by atoms with E-state index in [9.17, 15) is 4.79 Å². The summed E-state index contributed by atoms with van der Waals surface area (Å²) in [6.45, 7) is 8.07. The third-order valence-electron chi connectivity index (χ3n) is 4.36. The summed E-state index contributed by atoms with van der Waals surface area (Å²) in [6.07, 6.45) is 3.36. The first-order valence-electron chi connectivity index (χ1n) is 6.82. The molecular weight excluding hydrogens is 214 g/mol. The van der Waals surface area contributed by atoms with Gasteiger partial charge in [-0.15, -0.1) is 0 Å². The number of nitrogens with zero attached hydrogens (tertiary/aromatic N) is 2. The molecule has 0 radical (unpaired) electrons. The number of amides is 1. The predicted molar refractivity (Wildman–Crippen MR) is 68.6 cm³/mol. The molecule has 0 spiro atoms. The van der Waals surface area contributed by atoms with Crippen molar-refractivity contribution in [2.75, 3.05) is 13.1 Å². The minimum atomic E-state index is 0.00722. The SMILES string of the molecule is CC1CCC(C)N1C(C)C(=O)N1CC[C@@H](N)C1. The van der Waals surface area contributed by atoms with E-state index in [0.717, 1.165) is 19.5 Å². The van der Waals surface area contributed by atoms with E-state index in [1.807, 2.05) is 11.8 Å². The summed E-state index contributed by atoms with van der Waals surface area (Å²) in [4.78, 5) is 16.7. The Morgan fingerprint density at radius 3 is 2.29 bits per heavy atom. The van der Waals surface area contributed by atoms with Gasteiger partial charge in [-0.2, -0.15) is 0 Å². The highest BCUT2D eigenvalue weighted by Crippen LogP contribution is 2.27. The Labute approximate surface area is 104 Å². The molecule has 2 fully saturated rings. The van der Waals surface area contributed by atoms with E-state index in [2.05, 4.69) is 18.7 Å². The standard InChI is InChI=1S/C13H25N3O/c1-9-4-5-10(2)16(9)11(3)13(17)15-7-6-12(14)8-15/h9-12H,4-8,14H2,1-3H3/t9?,10?,11?,12-/m1/s1. The molecular formula is C13H25N3O. The zero-order valence-corrected chi connectivity index (χ0v) is 11.2. The summed E-state index contributed by atoms with van der Waals surface area (Å²) >= 11 is 0. The Balaban J connectivity index is 1.99. The molecule has 0 aromatic rings. The number of carbonyl (C=O) groups excluding carboxylic acids is 1.